The number of amides is 1. The second kappa shape index (κ2) is 4.77. The molecule has 0 aliphatic carbocycles. The van der Waals surface area contributed by atoms with Crippen molar-refractivity contribution in [3.63, 3.8) is 0 Å². The molecule has 0 aliphatic heterocycles. The number of nitrogens with one attached hydrogen (secondary N) is 1. The van der Waals surface area contributed by atoms with Gasteiger partial charge in [0.25, 0.3) is 5.91 Å². The molecule has 2 nitrogen and oxygen atoms in total. The van der Waals surface area contributed by atoms with Gasteiger partial charge in [0, 0.05) is 5.69 Å². The summed E-state index contributed by atoms with van der Waals surface area (Å²) in [4.78, 5) is 11.5. The standard InChI is InChI=1S/C9H8Br3NO/c1-6-3-2-4-7(5-6)13-8(14)9(10,11)12/h2-5H,1H3,(H,13,14). The monoisotopic (exact) mass is 383 g/mol. The van der Waals surface area contributed by atoms with Crippen molar-refractivity contribution in [1.82, 2.24) is 0 Å². The highest BCUT2D eigenvalue weighted by Crippen LogP contribution is 2.34. The van der Waals surface area contributed by atoms with Gasteiger partial charge in [0.1, 0.15) is 0 Å². The van der Waals surface area contributed by atoms with E-state index < -0.39 is 2.14 Å². The van der Waals surface area contributed by atoms with E-state index in [0.717, 1.165) is 11.3 Å². The molecule has 0 saturated carbocycles. The summed E-state index contributed by atoms with van der Waals surface area (Å²) in [6, 6.07) is 7.60. The van der Waals surface area contributed by atoms with Gasteiger partial charge in [-0.3, -0.25) is 4.79 Å². The van der Waals surface area contributed by atoms with Crippen LogP contribution in [0.2, 0.25) is 0 Å². The maximum absolute atomic E-state index is 11.5. The first kappa shape index (κ1) is 12.2. The van der Waals surface area contributed by atoms with Crippen LogP contribution < -0.4 is 5.32 Å². The third-order valence-corrected chi connectivity index (χ3v) is 2.61. The number of carbonyl (C=O) groups excluding carboxylic acids is 1. The van der Waals surface area contributed by atoms with Crippen LogP contribution in [-0.4, -0.2) is 8.05 Å². The lowest BCUT2D eigenvalue weighted by atomic mass is 10.2. The summed E-state index contributed by atoms with van der Waals surface area (Å²) in [7, 11) is 0. The maximum Gasteiger partial charge on any atom is 0.263 e. The zero-order valence-corrected chi connectivity index (χ0v) is 12.1. The number of benzene rings is 1. The summed E-state index contributed by atoms with van der Waals surface area (Å²) in [5, 5.41) is 2.74. The maximum atomic E-state index is 11.5. The first-order valence-corrected chi connectivity index (χ1v) is 6.22. The molecule has 0 aromatic heterocycles. The molecule has 0 radical (unpaired) electrons. The van der Waals surface area contributed by atoms with E-state index in [2.05, 4.69) is 53.1 Å². The molecule has 0 bridgehead atoms. The van der Waals surface area contributed by atoms with E-state index >= 15 is 0 Å². The first-order valence-electron chi connectivity index (χ1n) is 3.84. The molecule has 0 heterocycles. The molecule has 1 aromatic rings. The Hall–Kier alpha value is 0.130. The van der Waals surface area contributed by atoms with E-state index in [9.17, 15) is 4.79 Å². The van der Waals surface area contributed by atoms with Crippen LogP contribution in [0.5, 0.6) is 0 Å². The van der Waals surface area contributed by atoms with Gasteiger partial charge in [-0.05, 0) is 72.4 Å². The molecule has 0 saturated heterocycles. The summed E-state index contributed by atoms with van der Waals surface area (Å²) < 4.78 is -0.906. The van der Waals surface area contributed by atoms with Gasteiger partial charge in [-0.2, -0.15) is 0 Å². The minimum absolute atomic E-state index is 0.205. The van der Waals surface area contributed by atoms with E-state index in [1.165, 1.54) is 0 Å². The zero-order valence-electron chi connectivity index (χ0n) is 7.35. The molecular formula is C9H8Br3NO. The Bertz CT molecular complexity index is 346. The summed E-state index contributed by atoms with van der Waals surface area (Å²) in [6.45, 7) is 1.97. The van der Waals surface area contributed by atoms with Gasteiger partial charge in [-0.15, -0.1) is 0 Å². The van der Waals surface area contributed by atoms with Crippen molar-refractivity contribution in [3.8, 4) is 0 Å². The normalized spacial score (nSPS) is 11.1. The molecular weight excluding hydrogens is 378 g/mol. The Morgan fingerprint density at radius 3 is 2.50 bits per heavy atom. The number of anilines is 1. The van der Waals surface area contributed by atoms with Crippen molar-refractivity contribution in [3.05, 3.63) is 29.8 Å². The molecule has 14 heavy (non-hydrogen) atoms. The van der Waals surface area contributed by atoms with Crippen LogP contribution in [0.3, 0.4) is 0 Å². The molecule has 0 aliphatic rings. The van der Waals surface area contributed by atoms with E-state index in [0.29, 0.717) is 0 Å². The topological polar surface area (TPSA) is 29.1 Å². The highest BCUT2D eigenvalue weighted by molar-refractivity contribution is 9.40. The van der Waals surface area contributed by atoms with Gasteiger partial charge < -0.3 is 5.32 Å². The molecule has 1 aromatic carbocycles. The lowest BCUT2D eigenvalue weighted by molar-refractivity contribution is -0.114. The SMILES string of the molecule is Cc1cccc(NC(=O)C(Br)(Br)Br)c1. The van der Waals surface area contributed by atoms with Gasteiger partial charge in [-0.25, -0.2) is 0 Å². The predicted octanol–water partition coefficient (Wildman–Crippen LogP) is 3.77. The third kappa shape index (κ3) is 3.71. The molecule has 0 atom stereocenters. The second-order valence-electron chi connectivity index (χ2n) is 2.82. The van der Waals surface area contributed by atoms with Crippen LogP contribution in [0.15, 0.2) is 24.3 Å². The largest absolute Gasteiger partial charge is 0.323 e. The number of hydrogen-bond acceptors (Lipinski definition) is 1. The molecule has 5 heteroatoms. The van der Waals surface area contributed by atoms with Crippen molar-refractivity contribution < 1.29 is 4.79 Å². The average Bonchev–Trinajstić information content (AvgIpc) is 2.02. The molecule has 1 amide bonds. The Kier molecular flexibility index (Phi) is 4.15. The van der Waals surface area contributed by atoms with Gasteiger partial charge in [0.2, 0.25) is 2.14 Å². The van der Waals surface area contributed by atoms with Crippen molar-refractivity contribution in [1.29, 1.82) is 0 Å². The van der Waals surface area contributed by atoms with Crippen molar-refractivity contribution >= 4 is 59.4 Å². The third-order valence-electron chi connectivity index (χ3n) is 1.53. The van der Waals surface area contributed by atoms with E-state index in [1.807, 2.05) is 31.2 Å². The van der Waals surface area contributed by atoms with Gasteiger partial charge in [-0.1, -0.05) is 12.1 Å². The van der Waals surface area contributed by atoms with Crippen LogP contribution in [0.1, 0.15) is 5.56 Å². The molecule has 76 valence electrons. The number of alkyl halides is 3. The number of rotatable bonds is 1. The fourth-order valence-electron chi connectivity index (χ4n) is 0.925. The molecule has 0 fully saturated rings. The van der Waals surface area contributed by atoms with Gasteiger partial charge >= 0.3 is 0 Å². The Morgan fingerprint density at radius 2 is 2.00 bits per heavy atom. The minimum atomic E-state index is -0.906. The highest BCUT2D eigenvalue weighted by Gasteiger charge is 2.28. The lowest BCUT2D eigenvalue weighted by Crippen LogP contribution is -2.25. The summed E-state index contributed by atoms with van der Waals surface area (Å²) >= 11 is 9.42. The molecule has 0 spiro atoms. The Labute approximate surface area is 108 Å². The van der Waals surface area contributed by atoms with Crippen molar-refractivity contribution in [2.45, 2.75) is 9.07 Å². The van der Waals surface area contributed by atoms with E-state index in [4.69, 9.17) is 0 Å². The smallest absolute Gasteiger partial charge is 0.263 e. The van der Waals surface area contributed by atoms with Crippen LogP contribution in [0.4, 0.5) is 5.69 Å². The highest BCUT2D eigenvalue weighted by atomic mass is 80.0. The van der Waals surface area contributed by atoms with Crippen molar-refractivity contribution in [2.24, 2.45) is 0 Å². The van der Waals surface area contributed by atoms with E-state index in [-0.39, 0.29) is 5.91 Å². The van der Waals surface area contributed by atoms with Crippen LogP contribution in [-0.2, 0) is 4.79 Å². The number of halogens is 3. The number of aryl methyl sites for hydroxylation is 1. The number of carbonyl (C=O) groups is 1. The summed E-state index contributed by atoms with van der Waals surface area (Å²) in [5.41, 5.74) is 1.88. The molecule has 1 rings (SSSR count). The van der Waals surface area contributed by atoms with Gasteiger partial charge in [0.15, 0.2) is 0 Å². The average molecular weight is 386 g/mol. The Morgan fingerprint density at radius 1 is 1.36 bits per heavy atom. The van der Waals surface area contributed by atoms with Crippen LogP contribution in [0, 0.1) is 6.92 Å². The molecule has 0 unspecified atom stereocenters. The van der Waals surface area contributed by atoms with Crippen molar-refractivity contribution in [2.75, 3.05) is 5.32 Å². The lowest BCUT2D eigenvalue weighted by Gasteiger charge is -2.12. The minimum Gasteiger partial charge on any atom is -0.323 e. The molecule has 1 N–H and O–H groups in total. The fourth-order valence-corrected chi connectivity index (χ4v) is 1.22. The Balaban J connectivity index is 2.75. The van der Waals surface area contributed by atoms with Crippen LogP contribution >= 0.6 is 47.8 Å². The fraction of sp³-hybridized carbons (Fsp3) is 0.222. The second-order valence-corrected chi connectivity index (χ2v) is 9.58. The summed E-state index contributed by atoms with van der Waals surface area (Å²) in [6.07, 6.45) is 0. The summed E-state index contributed by atoms with van der Waals surface area (Å²) in [5.74, 6) is -0.205. The number of hydrogen-bond donors (Lipinski definition) is 1. The quantitative estimate of drug-likeness (QED) is 0.732. The van der Waals surface area contributed by atoms with E-state index in [1.54, 1.807) is 0 Å². The zero-order chi connectivity index (χ0) is 10.8. The predicted molar refractivity (Wildman–Crippen MR) is 69.3 cm³/mol. The van der Waals surface area contributed by atoms with Crippen LogP contribution in [0.25, 0.3) is 0 Å². The first-order chi connectivity index (χ1) is 6.39. The van der Waals surface area contributed by atoms with Gasteiger partial charge in [0.05, 0.1) is 0 Å².